The lowest BCUT2D eigenvalue weighted by Gasteiger charge is -2.39. The fourth-order valence-electron chi connectivity index (χ4n) is 4.06. The molecule has 1 aliphatic carbocycles. The van der Waals surface area contributed by atoms with Crippen molar-refractivity contribution in [1.29, 1.82) is 0 Å². The summed E-state index contributed by atoms with van der Waals surface area (Å²) in [6.45, 7) is 13.7. The van der Waals surface area contributed by atoms with E-state index in [4.69, 9.17) is 14.2 Å². The number of hydrogen-bond donors (Lipinski definition) is 1. The molecule has 0 aromatic heterocycles. The summed E-state index contributed by atoms with van der Waals surface area (Å²) in [6.07, 6.45) is -1.52. The molecule has 1 saturated carbocycles. The van der Waals surface area contributed by atoms with Crippen molar-refractivity contribution in [2.24, 2.45) is 17.8 Å². The Morgan fingerprint density at radius 2 is 1.88 bits per heavy atom. The number of aliphatic hydroxyl groups is 1. The van der Waals surface area contributed by atoms with Crippen molar-refractivity contribution in [1.82, 2.24) is 0 Å². The first-order chi connectivity index (χ1) is 14.8. The lowest BCUT2D eigenvalue weighted by Crippen LogP contribution is -2.55. The van der Waals surface area contributed by atoms with Crippen molar-refractivity contribution >= 4 is 23.7 Å². The quantitative estimate of drug-likeness (QED) is 0.395. The van der Waals surface area contributed by atoms with Crippen LogP contribution in [-0.2, 0) is 33.4 Å². The second kappa shape index (κ2) is 9.98. The summed E-state index contributed by atoms with van der Waals surface area (Å²) in [5.74, 6) is -4.54. The minimum Gasteiger partial charge on any atom is -0.454 e. The van der Waals surface area contributed by atoms with Crippen molar-refractivity contribution < 1.29 is 38.5 Å². The monoisotopic (exact) mass is 450 g/mol. The van der Waals surface area contributed by atoms with E-state index in [9.17, 15) is 24.3 Å². The Morgan fingerprint density at radius 1 is 1.25 bits per heavy atom. The Bertz CT molecular complexity index is 818. The summed E-state index contributed by atoms with van der Waals surface area (Å²) in [5.41, 5.74) is -0.936. The second-order valence-electron chi connectivity index (χ2n) is 9.57. The van der Waals surface area contributed by atoms with Gasteiger partial charge in [-0.15, -0.1) is 0 Å². The number of carbonyl (C=O) groups is 4. The van der Waals surface area contributed by atoms with Crippen molar-refractivity contribution in [2.45, 2.75) is 84.7 Å². The minimum absolute atomic E-state index is 0.0586. The first-order valence-corrected chi connectivity index (χ1v) is 11.0. The summed E-state index contributed by atoms with van der Waals surface area (Å²) in [5, 5.41) is 11.3. The molecule has 2 rings (SSSR count). The topological polar surface area (TPSA) is 116 Å². The predicted octanol–water partition coefficient (Wildman–Crippen LogP) is 2.67. The van der Waals surface area contributed by atoms with Crippen LogP contribution >= 0.6 is 0 Å². The highest BCUT2D eigenvalue weighted by Gasteiger charge is 2.57. The highest BCUT2D eigenvalue weighted by molar-refractivity contribution is 5.95. The van der Waals surface area contributed by atoms with Gasteiger partial charge in [0.15, 0.2) is 24.1 Å². The molecule has 6 atom stereocenters. The lowest BCUT2D eigenvalue weighted by molar-refractivity contribution is -0.190. The average molecular weight is 451 g/mol. The number of ketones is 1. The van der Waals surface area contributed by atoms with Crippen LogP contribution in [0.3, 0.4) is 0 Å². The summed E-state index contributed by atoms with van der Waals surface area (Å²) < 4.78 is 16.6. The molecule has 0 amide bonds. The van der Waals surface area contributed by atoms with Gasteiger partial charge in [-0.1, -0.05) is 32.9 Å². The molecular weight excluding hydrogens is 416 g/mol. The molecular formula is C24H34O8. The van der Waals surface area contributed by atoms with Gasteiger partial charge in [-0.2, -0.15) is 0 Å². The number of fused-ring (bicyclic) bond motifs is 1. The Balaban J connectivity index is 2.59. The highest BCUT2D eigenvalue weighted by Crippen LogP contribution is 2.41. The van der Waals surface area contributed by atoms with E-state index in [2.05, 4.69) is 6.58 Å². The van der Waals surface area contributed by atoms with Gasteiger partial charge in [0.05, 0.1) is 11.8 Å². The molecule has 2 fully saturated rings. The SMILES string of the molecule is C=C1C(=O)O[C@H]2[C@H]1[C@@H](OC(=O)C(C)C)C(=O)[C@H](C)CCC[C@](C)(O)[C@@H]2OC(=O)C=C(C)C. The van der Waals surface area contributed by atoms with E-state index in [0.29, 0.717) is 18.4 Å². The first kappa shape index (κ1) is 25.8. The number of allylic oxidation sites excluding steroid dienone is 1. The van der Waals surface area contributed by atoms with Crippen LogP contribution in [-0.4, -0.2) is 52.7 Å². The lowest BCUT2D eigenvalue weighted by atomic mass is 9.76. The van der Waals surface area contributed by atoms with Crippen LogP contribution in [0.25, 0.3) is 0 Å². The zero-order chi connectivity index (χ0) is 24.4. The summed E-state index contributed by atoms with van der Waals surface area (Å²) in [7, 11) is 0. The maximum absolute atomic E-state index is 13.3. The molecule has 0 spiro atoms. The van der Waals surface area contributed by atoms with Gasteiger partial charge in [-0.25, -0.2) is 9.59 Å². The van der Waals surface area contributed by atoms with Gasteiger partial charge in [0.25, 0.3) is 0 Å². The van der Waals surface area contributed by atoms with E-state index in [1.807, 2.05) is 0 Å². The van der Waals surface area contributed by atoms with Gasteiger partial charge in [0.1, 0.15) is 5.60 Å². The third-order valence-electron chi connectivity index (χ3n) is 5.95. The van der Waals surface area contributed by atoms with Gasteiger partial charge in [-0.05, 0) is 40.0 Å². The fourth-order valence-corrected chi connectivity index (χ4v) is 4.06. The number of rotatable bonds is 4. The molecule has 0 radical (unpaired) electrons. The Kier molecular flexibility index (Phi) is 8.04. The molecule has 32 heavy (non-hydrogen) atoms. The highest BCUT2D eigenvalue weighted by atomic mass is 16.6. The molecule has 0 bridgehead atoms. The van der Waals surface area contributed by atoms with Gasteiger partial charge in [0, 0.05) is 17.6 Å². The third kappa shape index (κ3) is 5.65. The second-order valence-corrected chi connectivity index (χ2v) is 9.57. The molecule has 0 aromatic rings. The van der Waals surface area contributed by atoms with E-state index < -0.39 is 59.6 Å². The van der Waals surface area contributed by atoms with Crippen LogP contribution in [0.5, 0.6) is 0 Å². The Hall–Kier alpha value is -2.48. The van der Waals surface area contributed by atoms with Gasteiger partial charge in [0.2, 0.25) is 0 Å². The molecule has 8 heteroatoms. The van der Waals surface area contributed by atoms with Crippen molar-refractivity contribution in [3.05, 3.63) is 23.8 Å². The number of esters is 3. The Labute approximate surface area is 189 Å². The summed E-state index contributed by atoms with van der Waals surface area (Å²) >= 11 is 0. The van der Waals surface area contributed by atoms with Crippen LogP contribution in [0, 0.1) is 17.8 Å². The minimum atomic E-state index is -1.56. The maximum Gasteiger partial charge on any atom is 0.334 e. The molecule has 1 heterocycles. The molecule has 178 valence electrons. The Morgan fingerprint density at radius 3 is 2.44 bits per heavy atom. The zero-order valence-electron chi connectivity index (χ0n) is 19.7. The standard InChI is InChI=1S/C24H34O8/c1-12(2)11-16(25)30-21-20-17(15(6)23(28)32-20)19(31-22(27)13(3)4)18(26)14(5)9-8-10-24(21,7)29/h11,13-14,17,19-21,29H,6,8-10H2,1-5,7H3/t14-,17-,19-,20+,21-,24+/m1/s1. The van der Waals surface area contributed by atoms with Crippen LogP contribution < -0.4 is 0 Å². The van der Waals surface area contributed by atoms with Crippen LogP contribution in [0.15, 0.2) is 23.8 Å². The normalized spacial score (nSPS) is 33.2. The largest absolute Gasteiger partial charge is 0.454 e. The number of ether oxygens (including phenoxy) is 3. The van der Waals surface area contributed by atoms with Crippen LogP contribution in [0.2, 0.25) is 0 Å². The number of carbonyl (C=O) groups excluding carboxylic acids is 4. The van der Waals surface area contributed by atoms with E-state index in [-0.39, 0.29) is 17.8 Å². The third-order valence-corrected chi connectivity index (χ3v) is 5.95. The average Bonchev–Trinajstić information content (AvgIpc) is 2.96. The van der Waals surface area contributed by atoms with E-state index in [0.717, 1.165) is 0 Å². The van der Waals surface area contributed by atoms with E-state index in [1.54, 1.807) is 34.6 Å². The number of hydrogen-bond acceptors (Lipinski definition) is 8. The number of Topliss-reactive ketones (excluding diaryl/α,β-unsaturated/α-hetero) is 1. The molecule has 1 aliphatic heterocycles. The van der Waals surface area contributed by atoms with Crippen molar-refractivity contribution in [3.63, 3.8) is 0 Å². The van der Waals surface area contributed by atoms with Crippen LogP contribution in [0.1, 0.15) is 60.8 Å². The van der Waals surface area contributed by atoms with E-state index >= 15 is 0 Å². The summed E-state index contributed by atoms with van der Waals surface area (Å²) in [4.78, 5) is 50.7. The predicted molar refractivity (Wildman–Crippen MR) is 115 cm³/mol. The van der Waals surface area contributed by atoms with Gasteiger partial charge in [-0.3, -0.25) is 9.59 Å². The molecule has 2 aliphatic rings. The van der Waals surface area contributed by atoms with Gasteiger partial charge >= 0.3 is 17.9 Å². The van der Waals surface area contributed by atoms with E-state index in [1.165, 1.54) is 13.0 Å². The summed E-state index contributed by atoms with van der Waals surface area (Å²) in [6, 6.07) is 0. The van der Waals surface area contributed by atoms with Crippen molar-refractivity contribution in [2.75, 3.05) is 0 Å². The molecule has 0 aromatic carbocycles. The molecule has 0 unspecified atom stereocenters. The molecule has 1 N–H and O–H groups in total. The maximum atomic E-state index is 13.3. The molecule has 1 saturated heterocycles. The molecule has 8 nitrogen and oxygen atoms in total. The van der Waals surface area contributed by atoms with Crippen molar-refractivity contribution in [3.8, 4) is 0 Å². The zero-order valence-corrected chi connectivity index (χ0v) is 19.7. The smallest absolute Gasteiger partial charge is 0.334 e. The van der Waals surface area contributed by atoms with Crippen LogP contribution in [0.4, 0.5) is 0 Å². The fraction of sp³-hybridized carbons (Fsp3) is 0.667. The first-order valence-electron chi connectivity index (χ1n) is 11.0. The van der Waals surface area contributed by atoms with Gasteiger partial charge < -0.3 is 19.3 Å².